The summed E-state index contributed by atoms with van der Waals surface area (Å²) in [5, 5.41) is 9.81. The van der Waals surface area contributed by atoms with Crippen molar-refractivity contribution in [1.82, 2.24) is 5.32 Å². The fourth-order valence-electron chi connectivity index (χ4n) is 0.310. The topological polar surface area (TPSA) is 66.4 Å². The Kier molecular flexibility index (Phi) is 8.77. The number of carboxylic acid groups (broad SMARTS) is 1. The van der Waals surface area contributed by atoms with E-state index in [-0.39, 0.29) is 43.4 Å². The van der Waals surface area contributed by atoms with Gasteiger partial charge in [-0.25, -0.2) is 0 Å². The normalized spacial score (nSPS) is 11.1. The van der Waals surface area contributed by atoms with Crippen LogP contribution in [0.15, 0.2) is 0 Å². The Hall–Kier alpha value is 0.290. The monoisotopic (exact) mass is 187 g/mol. The summed E-state index contributed by atoms with van der Waals surface area (Å²) >= 11 is 3.79. The largest absolute Gasteiger partial charge is 1.00 e. The third kappa shape index (κ3) is 8.19. The van der Waals surface area contributed by atoms with E-state index in [0.29, 0.717) is 0 Å². The number of hydrogen-bond acceptors (Lipinski definition) is 3. The first-order valence-electron chi connectivity index (χ1n) is 2.71. The average molecular weight is 187 g/mol. The van der Waals surface area contributed by atoms with Crippen molar-refractivity contribution in [1.29, 1.82) is 0 Å². The Balaban J connectivity index is -0.000000405. The summed E-state index contributed by atoms with van der Waals surface area (Å²) in [6.07, 6.45) is 0. The van der Waals surface area contributed by atoms with E-state index in [2.05, 4.69) is 17.9 Å². The van der Waals surface area contributed by atoms with Crippen LogP contribution < -0.4 is 34.9 Å². The standard InChI is InChI=1S/C5H9NO3S.Na.H/c1-3(10)5(9)6-2-4(7)8;;/h3,10H,2H2,1H3,(H,6,9)(H,7,8);;/q;+1;-1. The molecule has 0 saturated carbocycles. The number of amides is 1. The van der Waals surface area contributed by atoms with Crippen molar-refractivity contribution in [3.05, 3.63) is 0 Å². The van der Waals surface area contributed by atoms with Gasteiger partial charge in [-0.05, 0) is 6.92 Å². The molecule has 0 rings (SSSR count). The van der Waals surface area contributed by atoms with Crippen LogP contribution in [0, 0.1) is 0 Å². The first-order chi connectivity index (χ1) is 4.54. The van der Waals surface area contributed by atoms with E-state index in [9.17, 15) is 9.59 Å². The van der Waals surface area contributed by atoms with Crippen molar-refractivity contribution < 1.29 is 45.7 Å². The van der Waals surface area contributed by atoms with Gasteiger partial charge < -0.3 is 11.8 Å². The predicted molar refractivity (Wildman–Crippen MR) is 40.2 cm³/mol. The molecule has 0 aromatic carbocycles. The SMILES string of the molecule is CC(S)C(=O)NCC(=O)O.[H-].[Na+]. The molecule has 0 fully saturated rings. The Morgan fingerprint density at radius 2 is 2.18 bits per heavy atom. The molecular formula is C5H10NNaO3S. The maximum Gasteiger partial charge on any atom is 1.00 e. The van der Waals surface area contributed by atoms with Crippen LogP contribution in [-0.2, 0) is 9.59 Å². The molecule has 11 heavy (non-hydrogen) atoms. The van der Waals surface area contributed by atoms with Gasteiger partial charge in [-0.1, -0.05) is 0 Å². The second-order valence-corrected chi connectivity index (χ2v) is 2.56. The van der Waals surface area contributed by atoms with Crippen LogP contribution >= 0.6 is 12.6 Å². The molecule has 6 heteroatoms. The zero-order chi connectivity index (χ0) is 8.15. The number of hydrogen-bond donors (Lipinski definition) is 3. The summed E-state index contributed by atoms with van der Waals surface area (Å²) in [6.45, 7) is 1.23. The molecule has 0 spiro atoms. The predicted octanol–water partition coefficient (Wildman–Crippen LogP) is -3.38. The summed E-state index contributed by atoms with van der Waals surface area (Å²) in [6, 6.07) is 0. The number of aliphatic carboxylic acids is 1. The van der Waals surface area contributed by atoms with E-state index in [0.717, 1.165) is 0 Å². The number of carbonyl (C=O) groups is 2. The van der Waals surface area contributed by atoms with Gasteiger partial charge in [0.2, 0.25) is 5.91 Å². The summed E-state index contributed by atoms with van der Waals surface area (Å²) in [5.74, 6) is -1.42. The molecule has 0 aromatic heterocycles. The number of nitrogens with one attached hydrogen (secondary N) is 1. The minimum absolute atomic E-state index is 0. The minimum Gasteiger partial charge on any atom is -1.00 e. The van der Waals surface area contributed by atoms with E-state index >= 15 is 0 Å². The van der Waals surface area contributed by atoms with Crippen molar-refractivity contribution in [3.63, 3.8) is 0 Å². The maximum absolute atomic E-state index is 10.6. The Labute approximate surface area is 93.9 Å². The van der Waals surface area contributed by atoms with Crippen molar-refractivity contribution in [3.8, 4) is 0 Å². The minimum atomic E-state index is -1.05. The molecule has 0 bridgehead atoms. The van der Waals surface area contributed by atoms with Crippen molar-refractivity contribution in [2.24, 2.45) is 0 Å². The summed E-state index contributed by atoms with van der Waals surface area (Å²) in [5.41, 5.74) is 0. The second kappa shape index (κ2) is 6.97. The van der Waals surface area contributed by atoms with Gasteiger partial charge in [-0.3, -0.25) is 9.59 Å². The fraction of sp³-hybridized carbons (Fsp3) is 0.600. The molecule has 1 unspecified atom stereocenters. The van der Waals surface area contributed by atoms with Crippen molar-refractivity contribution in [2.75, 3.05) is 6.54 Å². The van der Waals surface area contributed by atoms with Gasteiger partial charge in [-0.15, -0.1) is 0 Å². The molecule has 0 saturated heterocycles. The second-order valence-electron chi connectivity index (χ2n) is 1.79. The Bertz CT molecular complexity index is 156. The molecule has 0 aromatic rings. The van der Waals surface area contributed by atoms with E-state index in [1.54, 1.807) is 6.92 Å². The Morgan fingerprint density at radius 1 is 1.73 bits per heavy atom. The van der Waals surface area contributed by atoms with Gasteiger partial charge in [0, 0.05) is 0 Å². The third-order valence-corrected chi connectivity index (χ3v) is 1.03. The molecular weight excluding hydrogens is 177 g/mol. The van der Waals surface area contributed by atoms with Crippen molar-refractivity contribution >= 4 is 24.5 Å². The van der Waals surface area contributed by atoms with Gasteiger partial charge in [0.25, 0.3) is 0 Å². The van der Waals surface area contributed by atoms with Crippen LogP contribution in [-0.4, -0.2) is 28.8 Å². The van der Waals surface area contributed by atoms with Crippen molar-refractivity contribution in [2.45, 2.75) is 12.2 Å². The van der Waals surface area contributed by atoms with Gasteiger partial charge in [0.1, 0.15) is 6.54 Å². The molecule has 4 nitrogen and oxygen atoms in total. The number of carbonyl (C=O) groups excluding carboxylic acids is 1. The smallest absolute Gasteiger partial charge is 1.00 e. The molecule has 0 aliphatic carbocycles. The van der Waals surface area contributed by atoms with Crippen LogP contribution in [0.4, 0.5) is 0 Å². The molecule has 0 aliphatic heterocycles. The molecule has 60 valence electrons. The summed E-state index contributed by atoms with van der Waals surface area (Å²) in [7, 11) is 0. The summed E-state index contributed by atoms with van der Waals surface area (Å²) < 4.78 is 0. The molecule has 0 heterocycles. The fourth-order valence-corrected chi connectivity index (χ4v) is 0.402. The van der Waals surface area contributed by atoms with Crippen LogP contribution in [0.1, 0.15) is 8.35 Å². The van der Waals surface area contributed by atoms with Gasteiger partial charge in [-0.2, -0.15) is 12.6 Å². The first-order valence-corrected chi connectivity index (χ1v) is 3.23. The number of thiol groups is 1. The zero-order valence-corrected chi connectivity index (χ0v) is 9.39. The van der Waals surface area contributed by atoms with E-state index in [1.807, 2.05) is 0 Å². The molecule has 0 radical (unpaired) electrons. The van der Waals surface area contributed by atoms with Gasteiger partial charge >= 0.3 is 35.5 Å². The number of rotatable bonds is 3. The summed E-state index contributed by atoms with van der Waals surface area (Å²) in [4.78, 5) is 20.5. The quantitative estimate of drug-likeness (QED) is 0.319. The maximum atomic E-state index is 10.6. The van der Waals surface area contributed by atoms with Crippen LogP contribution in [0.25, 0.3) is 0 Å². The van der Waals surface area contributed by atoms with Crippen LogP contribution in [0.2, 0.25) is 0 Å². The molecule has 1 atom stereocenters. The van der Waals surface area contributed by atoms with Crippen LogP contribution in [0.3, 0.4) is 0 Å². The Morgan fingerprint density at radius 3 is 2.45 bits per heavy atom. The first kappa shape index (κ1) is 13.9. The molecule has 2 N–H and O–H groups in total. The number of carboxylic acids is 1. The van der Waals surface area contributed by atoms with E-state index in [1.165, 1.54) is 0 Å². The van der Waals surface area contributed by atoms with E-state index in [4.69, 9.17) is 5.11 Å². The van der Waals surface area contributed by atoms with Crippen LogP contribution in [0.5, 0.6) is 0 Å². The average Bonchev–Trinajstić information content (AvgIpc) is 1.82. The van der Waals surface area contributed by atoms with Gasteiger partial charge in [0.15, 0.2) is 0 Å². The van der Waals surface area contributed by atoms with E-state index < -0.39 is 11.2 Å². The molecule has 0 aliphatic rings. The molecule has 1 amide bonds. The third-order valence-electron chi connectivity index (χ3n) is 0.793. The van der Waals surface area contributed by atoms with Gasteiger partial charge in [0.05, 0.1) is 5.25 Å². The zero-order valence-electron chi connectivity index (χ0n) is 7.50.